The Balaban J connectivity index is 2.51. The van der Waals surface area contributed by atoms with Crippen LogP contribution in [0.5, 0.6) is 0 Å². The van der Waals surface area contributed by atoms with Crippen molar-refractivity contribution in [1.29, 1.82) is 0 Å². The van der Waals surface area contributed by atoms with E-state index in [-0.39, 0.29) is 6.61 Å². The molecule has 0 aromatic heterocycles. The monoisotopic (exact) mass is 198 g/mol. The Morgan fingerprint density at radius 1 is 1.54 bits per heavy atom. The van der Waals surface area contributed by atoms with Crippen molar-refractivity contribution >= 4 is 24.2 Å². The largest absolute Gasteiger partial charge is 0.491 e. The lowest BCUT2D eigenvalue weighted by molar-refractivity contribution is 0.275. The fourth-order valence-electron chi connectivity index (χ4n) is 1.41. The maximum Gasteiger partial charge on any atom is 0.491 e. The van der Waals surface area contributed by atoms with Gasteiger partial charge < -0.3 is 14.8 Å². The van der Waals surface area contributed by atoms with Crippen molar-refractivity contribution in [2.45, 2.75) is 13.2 Å². The smallest absolute Gasteiger partial charge is 0.423 e. The summed E-state index contributed by atoms with van der Waals surface area (Å²) in [4.78, 5) is 0. The van der Waals surface area contributed by atoms with Gasteiger partial charge >= 0.3 is 7.12 Å². The molecule has 0 atom stereocenters. The number of fused-ring (bicyclic) bond motifs is 1. The van der Waals surface area contributed by atoms with E-state index in [9.17, 15) is 5.02 Å². The zero-order valence-electron chi connectivity index (χ0n) is 6.83. The maximum absolute atomic E-state index is 9.35. The van der Waals surface area contributed by atoms with E-state index in [2.05, 4.69) is 0 Å². The standard InChI is InChI=1S/C8H8BClO3/c10-8-2-6-4-13-9(12)7(6)1-5(8)3-11/h1-2,11-12H,3-4H2. The van der Waals surface area contributed by atoms with Gasteiger partial charge in [-0.2, -0.15) is 0 Å². The second-order valence-electron chi connectivity index (χ2n) is 2.96. The molecule has 0 saturated heterocycles. The summed E-state index contributed by atoms with van der Waals surface area (Å²) in [5.41, 5.74) is 2.20. The van der Waals surface area contributed by atoms with Gasteiger partial charge in [0.25, 0.3) is 0 Å². The van der Waals surface area contributed by atoms with Crippen molar-refractivity contribution in [3.8, 4) is 0 Å². The summed E-state index contributed by atoms with van der Waals surface area (Å²) in [6.07, 6.45) is 0. The van der Waals surface area contributed by atoms with E-state index < -0.39 is 7.12 Å². The average molecular weight is 198 g/mol. The summed E-state index contributed by atoms with van der Waals surface area (Å²) in [7, 11) is -0.877. The minimum atomic E-state index is -0.877. The third-order valence-electron chi connectivity index (χ3n) is 2.14. The molecule has 0 fully saturated rings. The molecule has 5 heteroatoms. The molecule has 3 nitrogen and oxygen atoms in total. The van der Waals surface area contributed by atoms with Crippen molar-refractivity contribution in [3.05, 3.63) is 28.3 Å². The number of rotatable bonds is 1. The Morgan fingerprint density at radius 3 is 3.00 bits per heavy atom. The number of hydrogen-bond donors (Lipinski definition) is 2. The summed E-state index contributed by atoms with van der Waals surface area (Å²) in [6, 6.07) is 3.40. The van der Waals surface area contributed by atoms with Gasteiger partial charge in [-0.15, -0.1) is 0 Å². The molecule has 1 heterocycles. The zero-order chi connectivity index (χ0) is 9.42. The molecule has 0 amide bonds. The van der Waals surface area contributed by atoms with Crippen molar-refractivity contribution < 1.29 is 14.8 Å². The first kappa shape index (κ1) is 9.03. The van der Waals surface area contributed by atoms with Crippen LogP contribution in [0, 0.1) is 0 Å². The lowest BCUT2D eigenvalue weighted by Gasteiger charge is -2.04. The summed E-state index contributed by atoms with van der Waals surface area (Å²) in [5, 5.41) is 18.8. The van der Waals surface area contributed by atoms with E-state index in [4.69, 9.17) is 21.4 Å². The Bertz CT molecular complexity index is 342. The van der Waals surface area contributed by atoms with Crippen LogP contribution in [0.2, 0.25) is 5.02 Å². The van der Waals surface area contributed by atoms with Crippen LogP contribution in [0.4, 0.5) is 0 Å². The fourth-order valence-corrected chi connectivity index (χ4v) is 1.66. The van der Waals surface area contributed by atoms with Crippen LogP contribution in [0.3, 0.4) is 0 Å². The molecule has 0 aliphatic carbocycles. The Labute approximate surface area is 81.1 Å². The number of hydrogen-bond acceptors (Lipinski definition) is 3. The van der Waals surface area contributed by atoms with Crippen LogP contribution in [0.25, 0.3) is 0 Å². The van der Waals surface area contributed by atoms with E-state index in [1.165, 1.54) is 0 Å². The second-order valence-corrected chi connectivity index (χ2v) is 3.37. The molecule has 1 aliphatic rings. The van der Waals surface area contributed by atoms with Crippen molar-refractivity contribution in [1.82, 2.24) is 0 Å². The van der Waals surface area contributed by atoms with Gasteiger partial charge in [0.15, 0.2) is 0 Å². The number of halogens is 1. The van der Waals surface area contributed by atoms with Gasteiger partial charge in [0, 0.05) is 5.02 Å². The van der Waals surface area contributed by atoms with Crippen LogP contribution < -0.4 is 5.46 Å². The minimum absolute atomic E-state index is 0.126. The summed E-state index contributed by atoms with van der Waals surface area (Å²) >= 11 is 5.86. The Morgan fingerprint density at radius 2 is 2.31 bits per heavy atom. The molecule has 1 aromatic rings. The molecule has 13 heavy (non-hydrogen) atoms. The molecule has 68 valence electrons. The summed E-state index contributed by atoms with van der Waals surface area (Å²) in [5.74, 6) is 0. The fraction of sp³-hybridized carbons (Fsp3) is 0.250. The molecule has 0 unspecified atom stereocenters. The molecule has 2 rings (SSSR count). The van der Waals surface area contributed by atoms with Gasteiger partial charge in [-0.3, -0.25) is 0 Å². The van der Waals surface area contributed by atoms with E-state index in [0.29, 0.717) is 22.7 Å². The van der Waals surface area contributed by atoms with Crippen molar-refractivity contribution in [3.63, 3.8) is 0 Å². The van der Waals surface area contributed by atoms with Crippen LogP contribution in [-0.2, 0) is 17.9 Å². The minimum Gasteiger partial charge on any atom is -0.423 e. The third kappa shape index (κ3) is 1.46. The van der Waals surface area contributed by atoms with Crippen molar-refractivity contribution in [2.24, 2.45) is 0 Å². The molecule has 0 radical (unpaired) electrons. The van der Waals surface area contributed by atoms with Gasteiger partial charge in [0.2, 0.25) is 0 Å². The van der Waals surface area contributed by atoms with E-state index in [1.54, 1.807) is 12.1 Å². The van der Waals surface area contributed by atoms with E-state index >= 15 is 0 Å². The molecule has 1 aromatic carbocycles. The molecule has 0 spiro atoms. The quantitative estimate of drug-likeness (QED) is 0.627. The van der Waals surface area contributed by atoms with Crippen LogP contribution in [0.15, 0.2) is 12.1 Å². The average Bonchev–Trinajstić information content (AvgIpc) is 2.46. The molecular formula is C8H8BClO3. The second kappa shape index (κ2) is 3.31. The predicted octanol–water partition coefficient (Wildman–Crippen LogP) is 0.0500. The Hall–Kier alpha value is -0.545. The van der Waals surface area contributed by atoms with Crippen LogP contribution in [-0.4, -0.2) is 17.2 Å². The normalized spacial score (nSPS) is 14.8. The number of benzene rings is 1. The number of aliphatic hydroxyl groups excluding tert-OH is 1. The first-order chi connectivity index (χ1) is 6.22. The van der Waals surface area contributed by atoms with Gasteiger partial charge in [0.05, 0.1) is 13.2 Å². The molecule has 1 aliphatic heterocycles. The maximum atomic E-state index is 9.35. The first-order valence-corrected chi connectivity index (χ1v) is 4.32. The highest BCUT2D eigenvalue weighted by Gasteiger charge is 2.28. The summed E-state index contributed by atoms with van der Waals surface area (Å²) in [6.45, 7) is 0.251. The van der Waals surface area contributed by atoms with Gasteiger partial charge in [-0.1, -0.05) is 17.7 Å². The van der Waals surface area contributed by atoms with Crippen LogP contribution in [0.1, 0.15) is 11.1 Å². The predicted molar refractivity (Wildman–Crippen MR) is 49.8 cm³/mol. The first-order valence-electron chi connectivity index (χ1n) is 3.94. The van der Waals surface area contributed by atoms with E-state index in [1.807, 2.05) is 0 Å². The third-order valence-corrected chi connectivity index (χ3v) is 2.49. The molecule has 0 saturated carbocycles. The highest BCUT2D eigenvalue weighted by Crippen LogP contribution is 2.20. The van der Waals surface area contributed by atoms with E-state index in [0.717, 1.165) is 5.56 Å². The van der Waals surface area contributed by atoms with Gasteiger partial charge in [-0.25, -0.2) is 0 Å². The SMILES string of the molecule is OCc1cc2c(cc1Cl)COB2O. The molecule has 2 N–H and O–H groups in total. The van der Waals surface area contributed by atoms with Gasteiger partial charge in [0.1, 0.15) is 0 Å². The van der Waals surface area contributed by atoms with Crippen LogP contribution >= 0.6 is 11.6 Å². The topological polar surface area (TPSA) is 49.7 Å². The Kier molecular flexibility index (Phi) is 2.30. The van der Waals surface area contributed by atoms with Crippen molar-refractivity contribution in [2.75, 3.05) is 0 Å². The molecule has 0 bridgehead atoms. The highest BCUT2D eigenvalue weighted by molar-refractivity contribution is 6.61. The zero-order valence-corrected chi connectivity index (χ0v) is 7.58. The number of aliphatic hydroxyl groups is 1. The summed E-state index contributed by atoms with van der Waals surface area (Å²) < 4.78 is 4.99. The lowest BCUT2D eigenvalue weighted by atomic mass is 9.79. The molecular weight excluding hydrogens is 190 g/mol. The van der Waals surface area contributed by atoms with Gasteiger partial charge in [-0.05, 0) is 22.7 Å². The highest BCUT2D eigenvalue weighted by atomic mass is 35.5. The lowest BCUT2D eigenvalue weighted by Crippen LogP contribution is -2.28.